The smallest absolute Gasteiger partial charge is 0.0273 e. The van der Waals surface area contributed by atoms with Gasteiger partial charge >= 0.3 is 0 Å². The molecule has 1 saturated carbocycles. The zero-order chi connectivity index (χ0) is 14.6. The molecule has 0 aliphatic heterocycles. The van der Waals surface area contributed by atoms with E-state index in [1.54, 1.807) is 0 Å². The summed E-state index contributed by atoms with van der Waals surface area (Å²) in [7, 11) is 4.31. The molecule has 1 aliphatic carbocycles. The summed E-state index contributed by atoms with van der Waals surface area (Å²) in [6.45, 7) is 12.8. The van der Waals surface area contributed by atoms with Gasteiger partial charge < -0.3 is 10.6 Å². The van der Waals surface area contributed by atoms with E-state index in [-0.39, 0.29) is 0 Å². The summed E-state index contributed by atoms with van der Waals surface area (Å²) in [5.41, 5.74) is 6.49. The molecule has 1 fully saturated rings. The van der Waals surface area contributed by atoms with E-state index in [1.165, 1.54) is 19.4 Å². The summed E-state index contributed by atoms with van der Waals surface area (Å²) in [5, 5.41) is 0. The molecule has 0 heterocycles. The minimum atomic E-state index is 0.347. The fourth-order valence-corrected chi connectivity index (χ4v) is 3.69. The van der Waals surface area contributed by atoms with Crippen molar-refractivity contribution in [3.8, 4) is 0 Å². The maximum Gasteiger partial charge on any atom is 0.0273 e. The van der Waals surface area contributed by atoms with Crippen LogP contribution in [0, 0.1) is 17.8 Å². The van der Waals surface area contributed by atoms with Crippen molar-refractivity contribution in [3.05, 3.63) is 0 Å². The van der Waals surface area contributed by atoms with Gasteiger partial charge in [0.1, 0.15) is 0 Å². The zero-order valence-corrected chi connectivity index (χ0v) is 13.9. The molecular weight excluding hydrogens is 234 g/mol. The van der Waals surface area contributed by atoms with E-state index in [2.05, 4.69) is 51.6 Å². The number of rotatable bonds is 6. The molecular formula is C16H35N3. The van der Waals surface area contributed by atoms with E-state index in [0.29, 0.717) is 18.0 Å². The van der Waals surface area contributed by atoms with Crippen molar-refractivity contribution in [1.82, 2.24) is 9.80 Å². The lowest BCUT2D eigenvalue weighted by Gasteiger charge is -2.45. The third-order valence-corrected chi connectivity index (χ3v) is 4.33. The van der Waals surface area contributed by atoms with E-state index in [1.807, 2.05) is 0 Å². The molecule has 114 valence electrons. The van der Waals surface area contributed by atoms with Crippen molar-refractivity contribution >= 4 is 0 Å². The predicted molar refractivity (Wildman–Crippen MR) is 84.3 cm³/mol. The minimum Gasteiger partial charge on any atom is -0.326 e. The molecule has 0 saturated heterocycles. The van der Waals surface area contributed by atoms with Crippen LogP contribution in [0.25, 0.3) is 0 Å². The highest BCUT2D eigenvalue weighted by atomic mass is 15.2. The van der Waals surface area contributed by atoms with Gasteiger partial charge in [-0.15, -0.1) is 0 Å². The fraction of sp³-hybridized carbons (Fsp3) is 1.00. The molecule has 0 amide bonds. The molecule has 0 aromatic rings. The Hall–Kier alpha value is -0.120. The van der Waals surface area contributed by atoms with Crippen LogP contribution >= 0.6 is 0 Å². The van der Waals surface area contributed by atoms with Crippen molar-refractivity contribution in [2.45, 2.75) is 52.6 Å². The van der Waals surface area contributed by atoms with Gasteiger partial charge in [-0.3, -0.25) is 4.90 Å². The summed E-state index contributed by atoms with van der Waals surface area (Å²) in [6.07, 6.45) is 2.51. The lowest BCUT2D eigenvalue weighted by Crippen LogP contribution is -2.56. The first-order valence-electron chi connectivity index (χ1n) is 7.95. The predicted octanol–water partition coefficient (Wildman–Crippen LogP) is 2.27. The molecule has 3 heteroatoms. The number of nitrogens with two attached hydrogens (primary N) is 1. The number of hydrogen-bond donors (Lipinski definition) is 1. The molecule has 1 aliphatic rings. The third-order valence-electron chi connectivity index (χ3n) is 4.33. The van der Waals surface area contributed by atoms with E-state index in [0.717, 1.165) is 24.9 Å². The molecule has 0 aromatic carbocycles. The largest absolute Gasteiger partial charge is 0.326 e. The monoisotopic (exact) mass is 269 g/mol. The van der Waals surface area contributed by atoms with Crippen LogP contribution in [0.2, 0.25) is 0 Å². The normalized spacial score (nSPS) is 32.5. The summed E-state index contributed by atoms with van der Waals surface area (Å²) in [5.74, 6) is 2.22. The number of nitrogens with zero attached hydrogens (tertiary/aromatic N) is 2. The lowest BCUT2D eigenvalue weighted by atomic mass is 9.76. The van der Waals surface area contributed by atoms with Gasteiger partial charge in [0.25, 0.3) is 0 Å². The Morgan fingerprint density at radius 1 is 1.11 bits per heavy atom. The van der Waals surface area contributed by atoms with Gasteiger partial charge in [0.05, 0.1) is 0 Å². The molecule has 2 N–H and O–H groups in total. The molecule has 0 bridgehead atoms. The minimum absolute atomic E-state index is 0.347. The molecule has 0 aromatic heterocycles. The number of hydrogen-bond acceptors (Lipinski definition) is 3. The Kier molecular flexibility index (Phi) is 6.78. The van der Waals surface area contributed by atoms with Crippen LogP contribution in [0.4, 0.5) is 0 Å². The molecule has 19 heavy (non-hydrogen) atoms. The second-order valence-electron chi connectivity index (χ2n) is 7.40. The van der Waals surface area contributed by atoms with Crippen LogP contribution < -0.4 is 5.73 Å². The van der Waals surface area contributed by atoms with Crippen LogP contribution in [0.15, 0.2) is 0 Å². The Balaban J connectivity index is 2.70. The lowest BCUT2D eigenvalue weighted by molar-refractivity contribution is 0.0611. The average Bonchev–Trinajstić information content (AvgIpc) is 2.23. The van der Waals surface area contributed by atoms with Crippen LogP contribution in [0.3, 0.4) is 0 Å². The van der Waals surface area contributed by atoms with Crippen molar-refractivity contribution < 1.29 is 0 Å². The maximum absolute atomic E-state index is 6.49. The van der Waals surface area contributed by atoms with E-state index in [4.69, 9.17) is 5.73 Å². The molecule has 1 rings (SSSR count). The first-order chi connectivity index (χ1) is 8.81. The highest BCUT2D eigenvalue weighted by Crippen LogP contribution is 2.31. The summed E-state index contributed by atoms with van der Waals surface area (Å²) in [4.78, 5) is 4.93. The van der Waals surface area contributed by atoms with Gasteiger partial charge in [-0.05, 0) is 44.7 Å². The van der Waals surface area contributed by atoms with Gasteiger partial charge in [-0.2, -0.15) is 0 Å². The van der Waals surface area contributed by atoms with Gasteiger partial charge in [0.15, 0.2) is 0 Å². The number of likely N-dealkylation sites (N-methyl/N-ethyl adjacent to an activating group) is 1. The molecule has 4 unspecified atom stereocenters. The molecule has 3 nitrogen and oxygen atoms in total. The third kappa shape index (κ3) is 5.41. The van der Waals surface area contributed by atoms with Crippen LogP contribution in [0.1, 0.15) is 40.5 Å². The van der Waals surface area contributed by atoms with Crippen LogP contribution in [0.5, 0.6) is 0 Å². The van der Waals surface area contributed by atoms with Crippen molar-refractivity contribution in [1.29, 1.82) is 0 Å². The first kappa shape index (κ1) is 16.9. The zero-order valence-electron chi connectivity index (χ0n) is 13.9. The van der Waals surface area contributed by atoms with Gasteiger partial charge in [0, 0.05) is 31.7 Å². The topological polar surface area (TPSA) is 32.5 Å². The average molecular weight is 269 g/mol. The van der Waals surface area contributed by atoms with Gasteiger partial charge in [-0.25, -0.2) is 0 Å². The highest BCUT2D eigenvalue weighted by molar-refractivity contribution is 4.92. The fourth-order valence-electron chi connectivity index (χ4n) is 3.69. The van der Waals surface area contributed by atoms with E-state index in [9.17, 15) is 0 Å². The first-order valence-corrected chi connectivity index (χ1v) is 7.95. The highest BCUT2D eigenvalue weighted by Gasteiger charge is 2.35. The van der Waals surface area contributed by atoms with Crippen molar-refractivity contribution in [3.63, 3.8) is 0 Å². The maximum atomic E-state index is 6.49. The van der Waals surface area contributed by atoms with E-state index < -0.39 is 0 Å². The summed E-state index contributed by atoms with van der Waals surface area (Å²) in [6, 6.07) is 0.915. The molecule has 4 atom stereocenters. The summed E-state index contributed by atoms with van der Waals surface area (Å²) >= 11 is 0. The Bertz CT molecular complexity index is 240. The summed E-state index contributed by atoms with van der Waals surface area (Å²) < 4.78 is 0. The van der Waals surface area contributed by atoms with Gasteiger partial charge in [-0.1, -0.05) is 27.7 Å². The second kappa shape index (κ2) is 7.61. The van der Waals surface area contributed by atoms with Crippen molar-refractivity contribution in [2.24, 2.45) is 23.5 Å². The van der Waals surface area contributed by atoms with Crippen LogP contribution in [-0.2, 0) is 0 Å². The van der Waals surface area contributed by atoms with Crippen LogP contribution in [-0.4, -0.2) is 55.6 Å². The van der Waals surface area contributed by atoms with E-state index >= 15 is 0 Å². The Morgan fingerprint density at radius 3 is 2.21 bits per heavy atom. The van der Waals surface area contributed by atoms with Gasteiger partial charge in [0.2, 0.25) is 0 Å². The standard InChI is InChI=1S/C16H35N3/c1-12(2)11-19(8-7-18(5)6)16-14(4)9-13(3)10-15(16)17/h12-16H,7-11,17H2,1-6H3. The van der Waals surface area contributed by atoms with Crippen molar-refractivity contribution in [2.75, 3.05) is 33.7 Å². The Morgan fingerprint density at radius 2 is 1.74 bits per heavy atom. The molecule has 0 radical (unpaired) electrons. The second-order valence-corrected chi connectivity index (χ2v) is 7.40. The quantitative estimate of drug-likeness (QED) is 0.803. The SMILES string of the molecule is CC(C)CN(CCN(C)C)C1C(C)CC(C)CC1N. The Labute approximate surface area is 120 Å². The molecule has 0 spiro atoms.